The zero-order valence-corrected chi connectivity index (χ0v) is 10.3. The molecule has 1 saturated carbocycles. The van der Waals surface area contributed by atoms with E-state index < -0.39 is 5.41 Å². The number of rotatable bonds is 4. The summed E-state index contributed by atoms with van der Waals surface area (Å²) in [6.07, 6.45) is 2.76. The Kier molecular flexibility index (Phi) is 3.69. The van der Waals surface area contributed by atoms with Crippen molar-refractivity contribution in [1.82, 2.24) is 5.32 Å². The number of nitrogens with one attached hydrogen (secondary N) is 1. The molecule has 0 bridgehead atoms. The smallest absolute Gasteiger partial charge is 0.230 e. The average molecular weight is 254 g/mol. The summed E-state index contributed by atoms with van der Waals surface area (Å²) in [6, 6.07) is 7.49. The molecule has 0 spiro atoms. The number of halogens is 1. The monoisotopic (exact) mass is 253 g/mol. The van der Waals surface area contributed by atoms with Crippen molar-refractivity contribution in [1.29, 1.82) is 0 Å². The summed E-state index contributed by atoms with van der Waals surface area (Å²) in [5.41, 5.74) is 0.548. The van der Waals surface area contributed by atoms with Crippen LogP contribution in [0.3, 0.4) is 0 Å². The second-order valence-electron chi connectivity index (χ2n) is 4.43. The van der Waals surface area contributed by atoms with Crippen molar-refractivity contribution in [2.24, 2.45) is 0 Å². The van der Waals surface area contributed by atoms with Crippen molar-refractivity contribution < 1.29 is 9.90 Å². The number of aliphatic hydroxyl groups is 1. The van der Waals surface area contributed by atoms with Crippen LogP contribution >= 0.6 is 11.6 Å². The molecule has 1 aromatic carbocycles. The fraction of sp³-hybridized carbons (Fsp3) is 0.462. The molecular weight excluding hydrogens is 238 g/mol. The van der Waals surface area contributed by atoms with Crippen LogP contribution in [0, 0.1) is 0 Å². The predicted molar refractivity (Wildman–Crippen MR) is 67.1 cm³/mol. The fourth-order valence-corrected chi connectivity index (χ4v) is 2.49. The van der Waals surface area contributed by atoms with E-state index in [1.807, 2.05) is 24.3 Å². The van der Waals surface area contributed by atoms with Crippen molar-refractivity contribution in [3.8, 4) is 0 Å². The van der Waals surface area contributed by atoms with Gasteiger partial charge in [0.15, 0.2) is 0 Å². The lowest BCUT2D eigenvalue weighted by Gasteiger charge is -2.40. The molecule has 2 rings (SSSR count). The van der Waals surface area contributed by atoms with Gasteiger partial charge in [-0.15, -0.1) is 0 Å². The Balaban J connectivity index is 2.22. The van der Waals surface area contributed by atoms with Crippen LogP contribution in [0.5, 0.6) is 0 Å². The highest BCUT2D eigenvalue weighted by molar-refractivity contribution is 6.30. The van der Waals surface area contributed by atoms with Crippen LogP contribution in [0.25, 0.3) is 0 Å². The second kappa shape index (κ2) is 5.07. The number of carbonyl (C=O) groups is 1. The Morgan fingerprint density at radius 3 is 2.76 bits per heavy atom. The van der Waals surface area contributed by atoms with Crippen molar-refractivity contribution in [3.63, 3.8) is 0 Å². The van der Waals surface area contributed by atoms with E-state index in [4.69, 9.17) is 16.7 Å². The molecule has 0 saturated heterocycles. The standard InChI is InChI=1S/C13H16ClNO2/c14-11-4-1-3-10(9-11)13(5-2-6-13)12(17)15-7-8-16/h1,3-4,9,16H,2,5-8H2,(H,15,17). The summed E-state index contributed by atoms with van der Waals surface area (Å²) in [5.74, 6) is 0.0000617. The quantitative estimate of drug-likeness (QED) is 0.861. The van der Waals surface area contributed by atoms with Crippen LogP contribution in [0.4, 0.5) is 0 Å². The van der Waals surface area contributed by atoms with Gasteiger partial charge in [0.2, 0.25) is 5.91 Å². The number of amides is 1. The minimum Gasteiger partial charge on any atom is -0.395 e. The van der Waals surface area contributed by atoms with Crippen LogP contribution in [0.1, 0.15) is 24.8 Å². The van der Waals surface area contributed by atoms with Crippen LogP contribution in [-0.2, 0) is 10.2 Å². The number of hydrogen-bond acceptors (Lipinski definition) is 2. The van der Waals surface area contributed by atoms with Gasteiger partial charge in [-0.2, -0.15) is 0 Å². The fourth-order valence-electron chi connectivity index (χ4n) is 2.30. The third kappa shape index (κ3) is 2.31. The lowest BCUT2D eigenvalue weighted by molar-refractivity contribution is -0.130. The molecule has 1 fully saturated rings. The average Bonchev–Trinajstić information content (AvgIpc) is 2.25. The first-order chi connectivity index (χ1) is 8.19. The maximum absolute atomic E-state index is 12.2. The van der Waals surface area contributed by atoms with Gasteiger partial charge < -0.3 is 10.4 Å². The summed E-state index contributed by atoms with van der Waals surface area (Å²) in [7, 11) is 0. The highest BCUT2D eigenvalue weighted by Crippen LogP contribution is 2.44. The molecule has 1 aliphatic carbocycles. The lowest BCUT2D eigenvalue weighted by atomic mass is 9.64. The molecule has 0 unspecified atom stereocenters. The topological polar surface area (TPSA) is 49.3 Å². The van der Waals surface area contributed by atoms with E-state index in [1.54, 1.807) is 0 Å². The van der Waals surface area contributed by atoms with Gasteiger partial charge in [0.1, 0.15) is 0 Å². The normalized spacial score (nSPS) is 17.3. The van der Waals surface area contributed by atoms with Gasteiger partial charge in [-0.05, 0) is 30.5 Å². The first kappa shape index (κ1) is 12.4. The van der Waals surface area contributed by atoms with Gasteiger partial charge in [-0.1, -0.05) is 30.2 Å². The van der Waals surface area contributed by atoms with Gasteiger partial charge >= 0.3 is 0 Å². The van der Waals surface area contributed by atoms with Crippen molar-refractivity contribution in [2.75, 3.05) is 13.2 Å². The molecular formula is C13H16ClNO2. The maximum atomic E-state index is 12.2. The molecule has 0 aromatic heterocycles. The van der Waals surface area contributed by atoms with Gasteiger partial charge in [-0.3, -0.25) is 4.79 Å². The number of benzene rings is 1. The van der Waals surface area contributed by atoms with Crippen molar-refractivity contribution >= 4 is 17.5 Å². The summed E-state index contributed by atoms with van der Waals surface area (Å²) in [4.78, 5) is 12.2. The van der Waals surface area contributed by atoms with Gasteiger partial charge in [0.25, 0.3) is 0 Å². The summed E-state index contributed by atoms with van der Waals surface area (Å²) < 4.78 is 0. The molecule has 3 nitrogen and oxygen atoms in total. The third-order valence-electron chi connectivity index (χ3n) is 3.42. The highest BCUT2D eigenvalue weighted by Gasteiger charge is 2.45. The van der Waals surface area contributed by atoms with E-state index in [1.165, 1.54) is 0 Å². The molecule has 0 aliphatic heterocycles. The van der Waals surface area contributed by atoms with Crippen molar-refractivity contribution in [2.45, 2.75) is 24.7 Å². The first-order valence-electron chi connectivity index (χ1n) is 5.84. The molecule has 1 aromatic rings. The Morgan fingerprint density at radius 2 is 2.24 bits per heavy atom. The second-order valence-corrected chi connectivity index (χ2v) is 4.86. The van der Waals surface area contributed by atoms with Crippen LogP contribution in [-0.4, -0.2) is 24.2 Å². The first-order valence-corrected chi connectivity index (χ1v) is 6.22. The van der Waals surface area contributed by atoms with Crippen LogP contribution < -0.4 is 5.32 Å². The minimum absolute atomic E-state index is 0.0000617. The molecule has 1 aliphatic rings. The van der Waals surface area contributed by atoms with Gasteiger partial charge in [0, 0.05) is 11.6 Å². The van der Waals surface area contributed by atoms with Crippen molar-refractivity contribution in [3.05, 3.63) is 34.9 Å². The number of hydrogen-bond donors (Lipinski definition) is 2. The van der Waals surface area contributed by atoms with Crippen LogP contribution in [0.2, 0.25) is 5.02 Å². The number of aliphatic hydroxyl groups excluding tert-OH is 1. The Bertz CT molecular complexity index is 416. The van der Waals surface area contributed by atoms with E-state index in [9.17, 15) is 4.79 Å². The minimum atomic E-state index is -0.430. The molecule has 0 heterocycles. The summed E-state index contributed by atoms with van der Waals surface area (Å²) >= 11 is 5.97. The predicted octanol–water partition coefficient (Wildman–Crippen LogP) is 1.87. The zero-order valence-electron chi connectivity index (χ0n) is 9.58. The van der Waals surface area contributed by atoms with Gasteiger partial charge in [-0.25, -0.2) is 0 Å². The highest BCUT2D eigenvalue weighted by atomic mass is 35.5. The zero-order chi connectivity index (χ0) is 12.3. The van der Waals surface area contributed by atoms with Gasteiger partial charge in [0.05, 0.1) is 12.0 Å². The molecule has 2 N–H and O–H groups in total. The summed E-state index contributed by atoms with van der Waals surface area (Å²) in [6.45, 7) is 0.276. The number of carbonyl (C=O) groups excluding carboxylic acids is 1. The molecule has 1 amide bonds. The van der Waals surface area contributed by atoms with Crippen LogP contribution in [0.15, 0.2) is 24.3 Å². The SMILES string of the molecule is O=C(NCCO)C1(c2cccc(Cl)c2)CCC1. The molecule has 0 atom stereocenters. The Labute approximate surface area is 106 Å². The molecule has 92 valence electrons. The Morgan fingerprint density at radius 1 is 1.47 bits per heavy atom. The lowest BCUT2D eigenvalue weighted by Crippen LogP contribution is -2.49. The largest absolute Gasteiger partial charge is 0.395 e. The third-order valence-corrected chi connectivity index (χ3v) is 3.65. The molecule has 0 radical (unpaired) electrons. The Hall–Kier alpha value is -1.06. The van der Waals surface area contributed by atoms with E-state index in [2.05, 4.69) is 5.32 Å². The van der Waals surface area contributed by atoms with E-state index in [0.29, 0.717) is 11.6 Å². The maximum Gasteiger partial charge on any atom is 0.230 e. The molecule has 17 heavy (non-hydrogen) atoms. The molecule has 4 heteroatoms. The summed E-state index contributed by atoms with van der Waals surface area (Å²) in [5, 5.41) is 12.2. The van der Waals surface area contributed by atoms with E-state index in [0.717, 1.165) is 24.8 Å². The van der Waals surface area contributed by atoms with E-state index in [-0.39, 0.29) is 12.5 Å². The van der Waals surface area contributed by atoms with E-state index >= 15 is 0 Å².